The van der Waals surface area contributed by atoms with E-state index in [1.807, 2.05) is 18.2 Å². The zero-order chi connectivity index (χ0) is 17.4. The first-order chi connectivity index (χ1) is 11.6. The SMILES string of the molecule is CCCCC(=O)NCC(CC)(CC)c1nc(-c2ccccc2)cs1. The van der Waals surface area contributed by atoms with E-state index in [1.165, 1.54) is 0 Å². The lowest BCUT2D eigenvalue weighted by Crippen LogP contribution is -2.40. The molecule has 4 heteroatoms. The van der Waals surface area contributed by atoms with E-state index >= 15 is 0 Å². The van der Waals surface area contributed by atoms with Gasteiger partial charge in [0.25, 0.3) is 0 Å². The highest BCUT2D eigenvalue weighted by Gasteiger charge is 2.32. The second-order valence-electron chi connectivity index (χ2n) is 6.27. The van der Waals surface area contributed by atoms with Gasteiger partial charge in [-0.3, -0.25) is 4.79 Å². The number of unbranched alkanes of at least 4 members (excludes halogenated alkanes) is 1. The Hall–Kier alpha value is -1.68. The number of benzene rings is 1. The molecule has 1 N–H and O–H groups in total. The molecule has 0 saturated carbocycles. The van der Waals surface area contributed by atoms with Crippen LogP contribution in [0.25, 0.3) is 11.3 Å². The van der Waals surface area contributed by atoms with Crippen LogP contribution in [-0.2, 0) is 10.2 Å². The predicted octanol–water partition coefficient (Wildman–Crippen LogP) is 5.17. The van der Waals surface area contributed by atoms with Crippen molar-refractivity contribution < 1.29 is 4.79 Å². The molecule has 0 unspecified atom stereocenters. The lowest BCUT2D eigenvalue weighted by atomic mass is 9.82. The van der Waals surface area contributed by atoms with Gasteiger partial charge in [-0.1, -0.05) is 57.5 Å². The number of carbonyl (C=O) groups excluding carboxylic acids is 1. The summed E-state index contributed by atoms with van der Waals surface area (Å²) in [6.07, 6.45) is 4.56. The van der Waals surface area contributed by atoms with Crippen LogP contribution in [0.1, 0.15) is 57.9 Å². The first-order valence-corrected chi connectivity index (χ1v) is 9.81. The Balaban J connectivity index is 2.14. The van der Waals surface area contributed by atoms with Gasteiger partial charge in [0.1, 0.15) is 5.01 Å². The van der Waals surface area contributed by atoms with Crippen LogP contribution in [0.2, 0.25) is 0 Å². The number of nitrogens with zero attached hydrogens (tertiary/aromatic N) is 1. The standard InChI is InChI=1S/C20H28N2OS/c1-4-7-13-18(23)21-15-20(5-2,6-3)19-22-17(14-24-19)16-11-9-8-10-12-16/h8-12,14H,4-7,13,15H2,1-3H3,(H,21,23). The molecule has 0 bridgehead atoms. The molecule has 0 saturated heterocycles. The van der Waals surface area contributed by atoms with Crippen molar-refractivity contribution in [3.05, 3.63) is 40.7 Å². The first kappa shape index (κ1) is 18.7. The Morgan fingerprint density at radius 2 is 1.88 bits per heavy atom. The van der Waals surface area contributed by atoms with Gasteiger partial charge in [-0.2, -0.15) is 0 Å². The average molecular weight is 345 g/mol. The minimum Gasteiger partial charge on any atom is -0.355 e. The highest BCUT2D eigenvalue weighted by atomic mass is 32.1. The number of amides is 1. The molecule has 0 fully saturated rings. The first-order valence-electron chi connectivity index (χ1n) is 8.93. The molecule has 0 spiro atoms. The molecule has 130 valence electrons. The van der Waals surface area contributed by atoms with Crippen molar-refractivity contribution >= 4 is 17.2 Å². The number of thiazole rings is 1. The minimum absolute atomic E-state index is 0.0699. The lowest BCUT2D eigenvalue weighted by molar-refractivity contribution is -0.121. The van der Waals surface area contributed by atoms with Gasteiger partial charge >= 0.3 is 0 Å². The molecule has 0 radical (unpaired) electrons. The average Bonchev–Trinajstić information content (AvgIpc) is 3.13. The fraction of sp³-hybridized carbons (Fsp3) is 0.500. The van der Waals surface area contributed by atoms with Crippen molar-refractivity contribution in [3.63, 3.8) is 0 Å². The number of hydrogen-bond donors (Lipinski definition) is 1. The second kappa shape index (κ2) is 8.97. The Kier molecular flexibility index (Phi) is 6.98. The molecule has 1 amide bonds. The summed E-state index contributed by atoms with van der Waals surface area (Å²) in [5.41, 5.74) is 2.10. The van der Waals surface area contributed by atoms with E-state index in [0.29, 0.717) is 13.0 Å². The molecule has 0 aliphatic heterocycles. The molecule has 2 aromatic rings. The molecule has 24 heavy (non-hydrogen) atoms. The van der Waals surface area contributed by atoms with E-state index in [1.54, 1.807) is 11.3 Å². The number of carbonyl (C=O) groups is 1. The Morgan fingerprint density at radius 1 is 1.17 bits per heavy atom. The summed E-state index contributed by atoms with van der Waals surface area (Å²) in [6.45, 7) is 7.15. The molecule has 0 atom stereocenters. The number of rotatable bonds is 9. The largest absolute Gasteiger partial charge is 0.355 e. The summed E-state index contributed by atoms with van der Waals surface area (Å²) < 4.78 is 0. The van der Waals surface area contributed by atoms with Crippen LogP contribution < -0.4 is 5.32 Å². The van der Waals surface area contributed by atoms with Gasteiger partial charge in [0, 0.05) is 29.3 Å². The lowest BCUT2D eigenvalue weighted by Gasteiger charge is -2.29. The normalized spacial score (nSPS) is 11.5. The van der Waals surface area contributed by atoms with Crippen molar-refractivity contribution in [3.8, 4) is 11.3 Å². The monoisotopic (exact) mass is 344 g/mol. The summed E-state index contributed by atoms with van der Waals surface area (Å²) in [5, 5.41) is 6.39. The molecule has 0 aliphatic rings. The third kappa shape index (κ3) is 4.44. The van der Waals surface area contributed by atoms with Gasteiger partial charge in [-0.25, -0.2) is 4.98 Å². The summed E-state index contributed by atoms with van der Waals surface area (Å²) in [7, 11) is 0. The number of aromatic nitrogens is 1. The summed E-state index contributed by atoms with van der Waals surface area (Å²) >= 11 is 1.71. The van der Waals surface area contributed by atoms with Crippen molar-refractivity contribution in [2.24, 2.45) is 0 Å². The fourth-order valence-corrected chi connectivity index (χ4v) is 4.00. The maximum Gasteiger partial charge on any atom is 0.220 e. The van der Waals surface area contributed by atoms with Crippen molar-refractivity contribution in [2.45, 2.75) is 58.3 Å². The second-order valence-corrected chi connectivity index (χ2v) is 7.13. The highest BCUT2D eigenvalue weighted by Crippen LogP contribution is 2.35. The van der Waals surface area contributed by atoms with Crippen LogP contribution in [0.5, 0.6) is 0 Å². The highest BCUT2D eigenvalue weighted by molar-refractivity contribution is 7.10. The van der Waals surface area contributed by atoms with E-state index in [0.717, 1.165) is 41.9 Å². The summed E-state index contributed by atoms with van der Waals surface area (Å²) in [6, 6.07) is 10.3. The van der Waals surface area contributed by atoms with Gasteiger partial charge in [0.15, 0.2) is 0 Å². The molecule has 2 rings (SSSR count). The zero-order valence-corrected chi connectivity index (χ0v) is 15.8. The molecule has 1 aromatic heterocycles. The number of nitrogens with one attached hydrogen (secondary N) is 1. The van der Waals surface area contributed by atoms with Gasteiger partial charge < -0.3 is 5.32 Å². The molecule has 3 nitrogen and oxygen atoms in total. The quantitative estimate of drug-likeness (QED) is 0.681. The van der Waals surface area contributed by atoms with Crippen molar-refractivity contribution in [2.75, 3.05) is 6.54 Å². The Bertz CT molecular complexity index is 632. The van der Waals surface area contributed by atoms with E-state index in [2.05, 4.69) is 43.6 Å². The molecule has 1 heterocycles. The minimum atomic E-state index is -0.0699. The van der Waals surface area contributed by atoms with E-state index in [-0.39, 0.29) is 11.3 Å². The van der Waals surface area contributed by atoms with Crippen LogP contribution >= 0.6 is 11.3 Å². The van der Waals surface area contributed by atoms with E-state index < -0.39 is 0 Å². The zero-order valence-electron chi connectivity index (χ0n) is 15.0. The van der Waals surface area contributed by atoms with Crippen LogP contribution in [0.4, 0.5) is 0 Å². The Labute approximate surface area is 149 Å². The predicted molar refractivity (Wildman–Crippen MR) is 102 cm³/mol. The van der Waals surface area contributed by atoms with Crippen LogP contribution in [-0.4, -0.2) is 17.4 Å². The summed E-state index contributed by atoms with van der Waals surface area (Å²) in [4.78, 5) is 16.9. The smallest absolute Gasteiger partial charge is 0.220 e. The van der Waals surface area contributed by atoms with Gasteiger partial charge in [-0.15, -0.1) is 11.3 Å². The van der Waals surface area contributed by atoms with Gasteiger partial charge in [0.2, 0.25) is 5.91 Å². The fourth-order valence-electron chi connectivity index (χ4n) is 2.83. The topological polar surface area (TPSA) is 42.0 Å². The molecular weight excluding hydrogens is 316 g/mol. The van der Waals surface area contributed by atoms with Crippen molar-refractivity contribution in [1.29, 1.82) is 0 Å². The molecule has 0 aliphatic carbocycles. The third-order valence-corrected chi connectivity index (χ3v) is 5.85. The maximum absolute atomic E-state index is 12.0. The number of hydrogen-bond acceptors (Lipinski definition) is 3. The van der Waals surface area contributed by atoms with Gasteiger partial charge in [0.05, 0.1) is 5.69 Å². The maximum atomic E-state index is 12.0. The van der Waals surface area contributed by atoms with Crippen molar-refractivity contribution in [1.82, 2.24) is 10.3 Å². The molecular formula is C20H28N2OS. The van der Waals surface area contributed by atoms with Crippen LogP contribution in [0.15, 0.2) is 35.7 Å². The summed E-state index contributed by atoms with van der Waals surface area (Å²) in [5.74, 6) is 0.156. The molecule has 1 aromatic carbocycles. The van der Waals surface area contributed by atoms with Crippen LogP contribution in [0.3, 0.4) is 0 Å². The van der Waals surface area contributed by atoms with Gasteiger partial charge in [-0.05, 0) is 19.3 Å². The third-order valence-electron chi connectivity index (χ3n) is 4.76. The van der Waals surface area contributed by atoms with E-state index in [4.69, 9.17) is 4.98 Å². The van der Waals surface area contributed by atoms with E-state index in [9.17, 15) is 4.79 Å². The van der Waals surface area contributed by atoms with Crippen LogP contribution in [0, 0.1) is 0 Å². The Morgan fingerprint density at radius 3 is 2.50 bits per heavy atom.